The molecule has 0 aliphatic carbocycles. The van der Waals surface area contributed by atoms with Crippen LogP contribution in [0.2, 0.25) is 5.02 Å². The predicted octanol–water partition coefficient (Wildman–Crippen LogP) is 4.90. The zero-order valence-electron chi connectivity index (χ0n) is 17.5. The van der Waals surface area contributed by atoms with Gasteiger partial charge < -0.3 is 9.47 Å². The largest absolute Gasteiger partial charge is 0.484 e. The number of para-hydroxylation sites is 1. The number of hydrogen-bond donors (Lipinski definition) is 1. The zero-order chi connectivity index (χ0) is 22.6. The molecule has 2 atom stereocenters. The van der Waals surface area contributed by atoms with Crippen LogP contribution in [0.15, 0.2) is 91.0 Å². The van der Waals surface area contributed by atoms with Gasteiger partial charge in [0.1, 0.15) is 11.9 Å². The first-order valence-electron chi connectivity index (χ1n) is 10.2. The highest BCUT2D eigenvalue weighted by Gasteiger charge is 2.33. The fraction of sp³-hybridized carbons (Fsp3) is 0.160. The average molecular weight is 484 g/mol. The number of nitrogens with one attached hydrogen (secondary N) is 1. The molecule has 7 heteroatoms. The van der Waals surface area contributed by atoms with Gasteiger partial charge in [-0.3, -0.25) is 5.09 Å². The van der Waals surface area contributed by atoms with E-state index in [0.717, 1.165) is 16.2 Å². The fourth-order valence-electron chi connectivity index (χ4n) is 3.77. The lowest BCUT2D eigenvalue weighted by Crippen LogP contribution is -2.35. The number of carbonyl (C=O) groups is 1. The molecule has 4 rings (SSSR count). The van der Waals surface area contributed by atoms with Crippen LogP contribution in [0.3, 0.4) is 0 Å². The summed E-state index contributed by atoms with van der Waals surface area (Å²) >= 11 is 12.9. The number of fused-ring (bicyclic) bond motifs is 1. The smallest absolute Gasteiger partial charge is 0.330 e. The van der Waals surface area contributed by atoms with Gasteiger partial charge in [0.2, 0.25) is 0 Å². The van der Waals surface area contributed by atoms with Gasteiger partial charge in [0.15, 0.2) is 0 Å². The molecular weight excluding hydrogens is 461 g/mol. The van der Waals surface area contributed by atoms with Crippen LogP contribution in [0.4, 0.5) is 0 Å². The second-order valence-electron chi connectivity index (χ2n) is 7.39. The highest BCUT2D eigenvalue weighted by atomic mass is 35.5. The van der Waals surface area contributed by atoms with E-state index < -0.39 is 12.2 Å². The normalized spacial score (nSPS) is 18.1. The van der Waals surface area contributed by atoms with Crippen LogP contribution >= 0.6 is 17.8 Å². The van der Waals surface area contributed by atoms with E-state index in [0.29, 0.717) is 17.2 Å². The van der Waals surface area contributed by atoms with Gasteiger partial charge in [-0.2, -0.15) is 0 Å². The van der Waals surface area contributed by atoms with Crippen molar-refractivity contribution in [2.45, 2.75) is 18.6 Å². The molecule has 3 aromatic carbocycles. The highest BCUT2D eigenvalue weighted by molar-refractivity contribution is 8.20. The Kier molecular flexibility index (Phi) is 7.12. The Morgan fingerprint density at radius 3 is 2.28 bits per heavy atom. The Labute approximate surface area is 198 Å². The predicted molar refractivity (Wildman–Crippen MR) is 134 cm³/mol. The highest BCUT2D eigenvalue weighted by Crippen LogP contribution is 2.47. The standard InChI is InChI=1S/C25H23ClNO3PS/c1-29-24(28)16-15-18-17-23(21-13-8-14-22(26)25(21)30-18)27-31(32,19-9-4-2-5-10-19)20-11-6-3-7-12-20/h2-16,18,23H,17H2,1H3,(H,27,32)/b16-15+. The van der Waals surface area contributed by atoms with Gasteiger partial charge in [0, 0.05) is 34.7 Å². The first-order valence-corrected chi connectivity index (χ1v) is 13.4. The number of hydrogen-bond acceptors (Lipinski definition) is 4. The molecule has 0 bridgehead atoms. The Morgan fingerprint density at radius 1 is 1.06 bits per heavy atom. The minimum atomic E-state index is -2.36. The number of halogens is 1. The summed E-state index contributed by atoms with van der Waals surface area (Å²) in [6, 6.07) is 25.9. The van der Waals surface area contributed by atoms with Crippen LogP contribution in [-0.4, -0.2) is 19.2 Å². The van der Waals surface area contributed by atoms with E-state index in [4.69, 9.17) is 32.9 Å². The van der Waals surface area contributed by atoms with Crippen molar-refractivity contribution in [1.29, 1.82) is 0 Å². The Balaban J connectivity index is 1.76. The molecule has 32 heavy (non-hydrogen) atoms. The van der Waals surface area contributed by atoms with Gasteiger partial charge in [-0.15, -0.1) is 0 Å². The van der Waals surface area contributed by atoms with Crippen molar-refractivity contribution >= 4 is 46.2 Å². The summed E-state index contributed by atoms with van der Waals surface area (Å²) in [6.45, 7) is 0. The molecule has 3 aromatic rings. The molecule has 4 nitrogen and oxygen atoms in total. The molecule has 0 radical (unpaired) electrons. The molecule has 0 spiro atoms. The average Bonchev–Trinajstić information content (AvgIpc) is 2.84. The SMILES string of the molecule is COC(=O)/C=C/C1CC(NP(=S)(c2ccccc2)c2ccccc2)c2cccc(Cl)c2O1. The monoisotopic (exact) mass is 483 g/mol. The summed E-state index contributed by atoms with van der Waals surface area (Å²) in [6.07, 6.45) is 0.971. The molecule has 1 aliphatic rings. The first kappa shape index (κ1) is 22.8. The molecule has 2 unspecified atom stereocenters. The van der Waals surface area contributed by atoms with Gasteiger partial charge in [-0.05, 0) is 12.1 Å². The van der Waals surface area contributed by atoms with Crippen molar-refractivity contribution in [3.8, 4) is 5.75 Å². The summed E-state index contributed by atoms with van der Waals surface area (Å²) in [5.74, 6) is 0.182. The lowest BCUT2D eigenvalue weighted by atomic mass is 9.97. The maximum atomic E-state index is 11.6. The van der Waals surface area contributed by atoms with Crippen molar-refractivity contribution in [2.24, 2.45) is 0 Å². The Hall–Kier alpha value is -2.43. The Morgan fingerprint density at radius 2 is 1.69 bits per heavy atom. The molecule has 1 heterocycles. The molecule has 164 valence electrons. The number of benzene rings is 3. The summed E-state index contributed by atoms with van der Waals surface area (Å²) in [7, 11) is 1.35. The minimum absolute atomic E-state index is 0.115. The van der Waals surface area contributed by atoms with Crippen LogP contribution in [0, 0.1) is 0 Å². The number of methoxy groups -OCH3 is 1. The van der Waals surface area contributed by atoms with E-state index in [2.05, 4.69) is 29.4 Å². The van der Waals surface area contributed by atoms with E-state index in [1.54, 1.807) is 12.1 Å². The van der Waals surface area contributed by atoms with E-state index in [1.807, 2.05) is 48.5 Å². The van der Waals surface area contributed by atoms with Gasteiger partial charge in [0.25, 0.3) is 0 Å². The van der Waals surface area contributed by atoms with Crippen molar-refractivity contribution in [2.75, 3.05) is 7.11 Å². The second kappa shape index (κ2) is 10.0. The molecule has 0 saturated heterocycles. The molecule has 0 amide bonds. The number of carbonyl (C=O) groups excluding carboxylic acids is 1. The summed E-state index contributed by atoms with van der Waals surface area (Å²) < 4.78 is 10.8. The van der Waals surface area contributed by atoms with E-state index >= 15 is 0 Å². The molecule has 0 aromatic heterocycles. The molecular formula is C25H23ClNO3PS. The number of ether oxygens (including phenoxy) is 2. The molecule has 0 saturated carbocycles. The topological polar surface area (TPSA) is 47.6 Å². The van der Waals surface area contributed by atoms with Crippen LogP contribution in [0.25, 0.3) is 0 Å². The molecule has 1 N–H and O–H groups in total. The van der Waals surface area contributed by atoms with Gasteiger partial charge >= 0.3 is 5.97 Å². The summed E-state index contributed by atoms with van der Waals surface area (Å²) in [5.41, 5.74) is 0.960. The fourth-order valence-corrected chi connectivity index (χ4v) is 7.57. The minimum Gasteiger partial charge on any atom is -0.484 e. The van der Waals surface area contributed by atoms with Crippen molar-refractivity contribution in [1.82, 2.24) is 5.09 Å². The molecule has 1 aliphatic heterocycles. The van der Waals surface area contributed by atoms with E-state index in [1.165, 1.54) is 13.2 Å². The van der Waals surface area contributed by atoms with Gasteiger partial charge in [-0.1, -0.05) is 96.2 Å². The summed E-state index contributed by atoms with van der Waals surface area (Å²) in [4.78, 5) is 11.6. The van der Waals surface area contributed by atoms with E-state index in [9.17, 15) is 4.79 Å². The van der Waals surface area contributed by atoms with Crippen LogP contribution in [0.1, 0.15) is 18.0 Å². The third-order valence-corrected chi connectivity index (χ3v) is 9.94. The zero-order valence-corrected chi connectivity index (χ0v) is 19.9. The van der Waals surface area contributed by atoms with Crippen LogP contribution in [0.5, 0.6) is 5.75 Å². The second-order valence-corrected chi connectivity index (χ2v) is 12.0. The van der Waals surface area contributed by atoms with Crippen molar-refractivity contribution in [3.63, 3.8) is 0 Å². The molecule has 0 fully saturated rings. The maximum absolute atomic E-state index is 11.6. The third-order valence-electron chi connectivity index (χ3n) is 5.34. The number of rotatable bonds is 6. The lowest BCUT2D eigenvalue weighted by molar-refractivity contribution is -0.134. The van der Waals surface area contributed by atoms with Crippen molar-refractivity contribution in [3.05, 3.63) is 102 Å². The lowest BCUT2D eigenvalue weighted by Gasteiger charge is -2.36. The van der Waals surface area contributed by atoms with E-state index in [-0.39, 0.29) is 12.1 Å². The van der Waals surface area contributed by atoms with Gasteiger partial charge in [0.05, 0.1) is 18.3 Å². The Bertz CT molecular complexity index is 1130. The van der Waals surface area contributed by atoms with Crippen molar-refractivity contribution < 1.29 is 14.3 Å². The quantitative estimate of drug-likeness (QED) is 0.307. The van der Waals surface area contributed by atoms with Gasteiger partial charge in [-0.25, -0.2) is 4.79 Å². The first-order chi connectivity index (χ1) is 15.5. The third kappa shape index (κ3) is 4.82. The number of esters is 1. The van der Waals surface area contributed by atoms with Crippen LogP contribution < -0.4 is 20.4 Å². The maximum Gasteiger partial charge on any atom is 0.330 e. The summed E-state index contributed by atoms with van der Waals surface area (Å²) in [5, 5.41) is 6.51. The van der Waals surface area contributed by atoms with Crippen LogP contribution in [-0.2, 0) is 21.3 Å².